The van der Waals surface area contributed by atoms with Crippen LogP contribution in [0.4, 0.5) is 0 Å². The Hall–Kier alpha value is -2.20. The monoisotopic (exact) mass is 486 g/mol. The average molecular weight is 487 g/mol. The van der Waals surface area contributed by atoms with Crippen molar-refractivity contribution in [3.63, 3.8) is 0 Å². The van der Waals surface area contributed by atoms with Crippen LogP contribution < -0.4 is 21.3 Å². The lowest BCUT2D eigenvalue weighted by Crippen LogP contribution is -2.44. The van der Waals surface area contributed by atoms with Crippen LogP contribution in [0.3, 0.4) is 0 Å². The van der Waals surface area contributed by atoms with Crippen molar-refractivity contribution in [2.24, 2.45) is 17.3 Å². The average Bonchev–Trinajstić information content (AvgIpc) is 2.77. The number of esters is 1. The van der Waals surface area contributed by atoms with Crippen molar-refractivity contribution in [1.82, 2.24) is 21.3 Å². The second-order valence-corrected chi connectivity index (χ2v) is 9.98. The molecule has 0 aliphatic heterocycles. The zero-order chi connectivity index (χ0) is 26.3. The highest BCUT2D eigenvalue weighted by Gasteiger charge is 2.28. The van der Waals surface area contributed by atoms with Gasteiger partial charge in [0.15, 0.2) is 0 Å². The van der Waals surface area contributed by atoms with Crippen molar-refractivity contribution in [2.45, 2.75) is 78.9 Å². The molecule has 1 unspecified atom stereocenters. The molecule has 0 aromatic rings. The highest BCUT2D eigenvalue weighted by molar-refractivity contribution is 5.85. The van der Waals surface area contributed by atoms with Gasteiger partial charge in [-0.1, -0.05) is 41.0 Å². The van der Waals surface area contributed by atoms with Crippen LogP contribution in [0.5, 0.6) is 0 Å². The number of hydrogen-bond acceptors (Lipinski definition) is 7. The summed E-state index contributed by atoms with van der Waals surface area (Å²) in [5.41, 5.74) is -0.177. The SMILES string of the molecule is CNCC(=O)O[C@@H](CCCC[C@H](C)C(=O)N[C@H](CO)CC(C)C(=O)NCC(=O)NC)C(C)(C)C. The number of hydrogen-bond donors (Lipinski definition) is 5. The second-order valence-electron chi connectivity index (χ2n) is 9.98. The molecule has 0 heterocycles. The summed E-state index contributed by atoms with van der Waals surface area (Å²) in [4.78, 5) is 47.8. The zero-order valence-electron chi connectivity index (χ0n) is 22.0. The number of aliphatic hydroxyl groups excluding tert-OH is 1. The first-order valence-corrected chi connectivity index (χ1v) is 12.1. The van der Waals surface area contributed by atoms with E-state index in [1.54, 1.807) is 14.0 Å². The number of ether oxygens (including phenoxy) is 1. The fraction of sp³-hybridized carbons (Fsp3) is 0.833. The minimum atomic E-state index is -0.549. The molecule has 0 saturated carbocycles. The topological polar surface area (TPSA) is 146 Å². The van der Waals surface area contributed by atoms with Crippen LogP contribution in [0.25, 0.3) is 0 Å². The van der Waals surface area contributed by atoms with Gasteiger partial charge in [0, 0.05) is 18.9 Å². The third-order valence-corrected chi connectivity index (χ3v) is 5.72. The lowest BCUT2D eigenvalue weighted by Gasteiger charge is -2.30. The van der Waals surface area contributed by atoms with Gasteiger partial charge in [0.1, 0.15) is 6.10 Å². The van der Waals surface area contributed by atoms with Gasteiger partial charge in [0.25, 0.3) is 0 Å². The molecule has 0 aromatic carbocycles. The van der Waals surface area contributed by atoms with Crippen LogP contribution in [0, 0.1) is 17.3 Å². The molecular weight excluding hydrogens is 440 g/mol. The van der Waals surface area contributed by atoms with E-state index in [2.05, 4.69) is 21.3 Å². The van der Waals surface area contributed by atoms with Crippen LogP contribution in [0.2, 0.25) is 0 Å². The minimum absolute atomic E-state index is 0.113. The maximum Gasteiger partial charge on any atom is 0.320 e. The van der Waals surface area contributed by atoms with E-state index in [4.69, 9.17) is 4.74 Å². The highest BCUT2D eigenvalue weighted by Crippen LogP contribution is 2.27. The molecule has 0 aromatic heterocycles. The van der Waals surface area contributed by atoms with Gasteiger partial charge in [0.2, 0.25) is 17.7 Å². The zero-order valence-corrected chi connectivity index (χ0v) is 22.0. The van der Waals surface area contributed by atoms with Crippen molar-refractivity contribution in [2.75, 3.05) is 33.8 Å². The molecule has 0 spiro atoms. The van der Waals surface area contributed by atoms with Gasteiger partial charge in [-0.2, -0.15) is 0 Å². The number of amides is 3. The van der Waals surface area contributed by atoms with E-state index in [1.165, 1.54) is 7.05 Å². The Morgan fingerprint density at radius 3 is 2.06 bits per heavy atom. The summed E-state index contributed by atoms with van der Waals surface area (Å²) < 4.78 is 5.61. The third kappa shape index (κ3) is 13.5. The van der Waals surface area contributed by atoms with Crippen LogP contribution in [0.15, 0.2) is 0 Å². The van der Waals surface area contributed by atoms with Gasteiger partial charge in [-0.15, -0.1) is 0 Å². The molecule has 0 aliphatic rings. The van der Waals surface area contributed by atoms with E-state index in [9.17, 15) is 24.3 Å². The predicted octanol–water partition coefficient (Wildman–Crippen LogP) is 0.726. The van der Waals surface area contributed by atoms with Gasteiger partial charge in [-0.3, -0.25) is 19.2 Å². The largest absolute Gasteiger partial charge is 0.461 e. The van der Waals surface area contributed by atoms with Crippen molar-refractivity contribution < 1.29 is 29.0 Å². The Kier molecular flexibility index (Phi) is 15.4. The number of likely N-dealkylation sites (N-methyl/N-ethyl adjacent to an activating group) is 2. The fourth-order valence-corrected chi connectivity index (χ4v) is 3.41. The van der Waals surface area contributed by atoms with Gasteiger partial charge in [-0.05, 0) is 38.1 Å². The Morgan fingerprint density at radius 2 is 1.53 bits per heavy atom. The molecular formula is C24H46N4O6. The smallest absolute Gasteiger partial charge is 0.320 e. The summed E-state index contributed by atoms with van der Waals surface area (Å²) in [6, 6.07) is -0.549. The summed E-state index contributed by atoms with van der Waals surface area (Å²) in [7, 11) is 3.18. The molecule has 0 saturated heterocycles. The number of rotatable bonds is 16. The van der Waals surface area contributed by atoms with Crippen LogP contribution in [-0.4, -0.2) is 74.7 Å². The molecule has 0 fully saturated rings. The van der Waals surface area contributed by atoms with Crippen molar-refractivity contribution in [1.29, 1.82) is 0 Å². The first-order valence-electron chi connectivity index (χ1n) is 12.1. The Bertz CT molecular complexity index is 650. The van der Waals surface area contributed by atoms with E-state index in [1.807, 2.05) is 27.7 Å². The summed E-state index contributed by atoms with van der Waals surface area (Å²) >= 11 is 0. The maximum absolute atomic E-state index is 12.6. The quantitative estimate of drug-likeness (QED) is 0.160. The molecule has 4 atom stereocenters. The Balaban J connectivity index is 4.51. The van der Waals surface area contributed by atoms with E-state index in [0.29, 0.717) is 6.42 Å². The van der Waals surface area contributed by atoms with Crippen molar-refractivity contribution in [3.05, 3.63) is 0 Å². The molecule has 10 heteroatoms. The van der Waals surface area contributed by atoms with E-state index < -0.39 is 12.0 Å². The standard InChI is InChI=1S/C24H46N4O6/c1-16(10-8-9-11-19(24(3,4)5)34-21(31)14-25-6)23(33)28-18(15-29)12-17(2)22(32)27-13-20(30)26-7/h16-19,25,29H,8-15H2,1-7H3,(H,26,30)(H,27,32)(H,28,33)/t16-,17?,18-,19-/m0/s1. The molecule has 5 N–H and O–H groups in total. The summed E-state index contributed by atoms with van der Waals surface area (Å²) in [6.07, 6.45) is 3.06. The lowest BCUT2D eigenvalue weighted by atomic mass is 9.85. The van der Waals surface area contributed by atoms with Crippen LogP contribution in [-0.2, 0) is 23.9 Å². The molecule has 198 valence electrons. The highest BCUT2D eigenvalue weighted by atomic mass is 16.5. The maximum atomic E-state index is 12.6. The summed E-state index contributed by atoms with van der Waals surface area (Å²) in [6.45, 7) is 9.40. The minimum Gasteiger partial charge on any atom is -0.461 e. The third-order valence-electron chi connectivity index (χ3n) is 5.72. The van der Waals surface area contributed by atoms with Gasteiger partial charge in [-0.25, -0.2) is 0 Å². The first-order chi connectivity index (χ1) is 15.8. The molecule has 0 radical (unpaired) electrons. The molecule has 10 nitrogen and oxygen atoms in total. The summed E-state index contributed by atoms with van der Waals surface area (Å²) in [5, 5.41) is 20.2. The number of aliphatic hydroxyl groups is 1. The van der Waals surface area contributed by atoms with Crippen LogP contribution in [0.1, 0.15) is 66.7 Å². The molecule has 0 rings (SSSR count). The molecule has 0 aliphatic carbocycles. The van der Waals surface area contributed by atoms with Crippen LogP contribution >= 0.6 is 0 Å². The van der Waals surface area contributed by atoms with Crippen molar-refractivity contribution >= 4 is 23.7 Å². The first kappa shape index (κ1) is 31.8. The lowest BCUT2D eigenvalue weighted by molar-refractivity contribution is -0.154. The number of carbonyl (C=O) groups is 4. The Morgan fingerprint density at radius 1 is 0.912 bits per heavy atom. The summed E-state index contributed by atoms with van der Waals surface area (Å²) in [5.74, 6) is -1.80. The molecule has 3 amide bonds. The fourth-order valence-electron chi connectivity index (χ4n) is 3.41. The van der Waals surface area contributed by atoms with Crippen molar-refractivity contribution in [3.8, 4) is 0 Å². The van der Waals surface area contributed by atoms with E-state index in [0.717, 1.165) is 19.3 Å². The molecule has 34 heavy (non-hydrogen) atoms. The Labute approximate surface area is 204 Å². The molecule has 0 bridgehead atoms. The van der Waals surface area contributed by atoms with Gasteiger partial charge >= 0.3 is 5.97 Å². The van der Waals surface area contributed by atoms with E-state index >= 15 is 0 Å². The number of carbonyl (C=O) groups excluding carboxylic acids is 4. The second kappa shape index (κ2) is 16.4. The van der Waals surface area contributed by atoms with E-state index in [-0.39, 0.29) is 67.2 Å². The predicted molar refractivity (Wildman–Crippen MR) is 131 cm³/mol. The van der Waals surface area contributed by atoms with Gasteiger partial charge < -0.3 is 31.1 Å². The number of nitrogens with one attached hydrogen (secondary N) is 4. The number of unbranched alkanes of at least 4 members (excludes halogenated alkanes) is 1. The van der Waals surface area contributed by atoms with Gasteiger partial charge in [0.05, 0.1) is 25.7 Å². The normalized spacial score (nSPS) is 14.9.